The minimum absolute atomic E-state index is 0.0446. The van der Waals surface area contributed by atoms with Gasteiger partial charge in [-0.3, -0.25) is 18.6 Å². The first-order valence-corrected chi connectivity index (χ1v) is 21.1. The molecule has 1 unspecified atom stereocenters. The third-order valence-electron chi connectivity index (χ3n) is 7.94. The molecule has 0 heterocycles. The smallest absolute Gasteiger partial charge is 0.462 e. The molecule has 3 N–H and O–H groups in total. The predicted molar refractivity (Wildman–Crippen MR) is 206 cm³/mol. The normalized spacial score (nSPS) is 13.9. The van der Waals surface area contributed by atoms with Gasteiger partial charge in [-0.1, -0.05) is 120 Å². The van der Waals surface area contributed by atoms with Crippen LogP contribution in [0.2, 0.25) is 0 Å². The molecule has 0 spiro atoms. The van der Waals surface area contributed by atoms with E-state index >= 15 is 0 Å². The van der Waals surface area contributed by atoms with Crippen LogP contribution in [-0.2, 0) is 32.7 Å². The maximum absolute atomic E-state index is 12.5. The molecule has 0 radical (unpaired) electrons. The van der Waals surface area contributed by atoms with Gasteiger partial charge in [-0.05, 0) is 77.0 Å². The highest BCUT2D eigenvalue weighted by molar-refractivity contribution is 7.47. The molecule has 0 amide bonds. The predicted octanol–water partition coefficient (Wildman–Crippen LogP) is 10.8. The summed E-state index contributed by atoms with van der Waals surface area (Å²) >= 11 is 0. The zero-order valence-electron chi connectivity index (χ0n) is 31.6. The highest BCUT2D eigenvalue weighted by Gasteiger charge is 2.25. The first-order chi connectivity index (χ1) is 24.3. The van der Waals surface area contributed by atoms with Gasteiger partial charge in [0.05, 0.1) is 13.2 Å². The van der Waals surface area contributed by atoms with Crippen molar-refractivity contribution in [1.29, 1.82) is 0 Å². The van der Waals surface area contributed by atoms with Crippen molar-refractivity contribution in [2.45, 2.75) is 168 Å². The van der Waals surface area contributed by atoms with Gasteiger partial charge < -0.3 is 20.1 Å². The molecule has 0 aromatic rings. The summed E-state index contributed by atoms with van der Waals surface area (Å²) in [5, 5.41) is 0. The lowest BCUT2D eigenvalue weighted by atomic mass is 10.1. The summed E-state index contributed by atoms with van der Waals surface area (Å²) in [5.41, 5.74) is 5.33. The first kappa shape index (κ1) is 48.0. The topological polar surface area (TPSA) is 134 Å². The third-order valence-corrected chi connectivity index (χ3v) is 8.92. The summed E-state index contributed by atoms with van der Waals surface area (Å²) in [6, 6.07) is 0. The summed E-state index contributed by atoms with van der Waals surface area (Å²) < 4.78 is 32.6. The minimum atomic E-state index is -4.38. The highest BCUT2D eigenvalue weighted by Crippen LogP contribution is 2.43. The van der Waals surface area contributed by atoms with Gasteiger partial charge in [0.25, 0.3) is 0 Å². The van der Waals surface area contributed by atoms with E-state index in [0.29, 0.717) is 12.8 Å². The zero-order valence-corrected chi connectivity index (χ0v) is 32.5. The fourth-order valence-corrected chi connectivity index (χ4v) is 5.75. The molecule has 290 valence electrons. The average molecular weight is 726 g/mol. The number of phosphoric ester groups is 1. The van der Waals surface area contributed by atoms with Gasteiger partial charge >= 0.3 is 19.8 Å². The van der Waals surface area contributed by atoms with Crippen LogP contribution in [0.5, 0.6) is 0 Å². The third kappa shape index (κ3) is 35.8. The van der Waals surface area contributed by atoms with E-state index < -0.39 is 32.5 Å². The van der Waals surface area contributed by atoms with E-state index in [4.69, 9.17) is 24.3 Å². The Morgan fingerprint density at radius 3 is 1.64 bits per heavy atom. The van der Waals surface area contributed by atoms with Crippen LogP contribution in [0.4, 0.5) is 0 Å². The second kappa shape index (κ2) is 36.8. The van der Waals surface area contributed by atoms with Crippen molar-refractivity contribution >= 4 is 19.8 Å². The molecule has 9 nitrogen and oxygen atoms in total. The average Bonchev–Trinajstić information content (AvgIpc) is 3.10. The van der Waals surface area contributed by atoms with Gasteiger partial charge in [-0.15, -0.1) is 0 Å². The van der Waals surface area contributed by atoms with Gasteiger partial charge in [0.2, 0.25) is 0 Å². The molecule has 0 aliphatic rings. The highest BCUT2D eigenvalue weighted by atomic mass is 31.2. The lowest BCUT2D eigenvalue weighted by molar-refractivity contribution is -0.161. The van der Waals surface area contributed by atoms with Crippen molar-refractivity contribution in [3.05, 3.63) is 48.6 Å². The summed E-state index contributed by atoms with van der Waals surface area (Å²) in [6.07, 6.45) is 40.0. The molecule has 0 aliphatic carbocycles. The van der Waals surface area contributed by atoms with Crippen LogP contribution in [-0.4, -0.2) is 49.3 Å². The number of carbonyl (C=O) groups excluding carboxylic acids is 2. The van der Waals surface area contributed by atoms with Crippen LogP contribution in [0.15, 0.2) is 48.6 Å². The zero-order chi connectivity index (χ0) is 36.8. The van der Waals surface area contributed by atoms with E-state index in [1.807, 2.05) is 0 Å². The van der Waals surface area contributed by atoms with Crippen molar-refractivity contribution in [1.82, 2.24) is 0 Å². The molecule has 0 bridgehead atoms. The number of nitrogens with two attached hydrogens (primary N) is 1. The number of ether oxygens (including phenoxy) is 2. The maximum atomic E-state index is 12.5. The molecule has 0 fully saturated rings. The van der Waals surface area contributed by atoms with Crippen LogP contribution in [0.1, 0.15) is 162 Å². The first-order valence-electron chi connectivity index (χ1n) is 19.6. The summed E-state index contributed by atoms with van der Waals surface area (Å²) in [6.45, 7) is 3.62. The van der Waals surface area contributed by atoms with Crippen LogP contribution < -0.4 is 5.73 Å². The minimum Gasteiger partial charge on any atom is -0.462 e. The number of hydrogen-bond acceptors (Lipinski definition) is 8. The lowest BCUT2D eigenvalue weighted by Gasteiger charge is -2.19. The Morgan fingerprint density at radius 1 is 0.600 bits per heavy atom. The monoisotopic (exact) mass is 725 g/mol. The fourth-order valence-electron chi connectivity index (χ4n) is 4.99. The van der Waals surface area contributed by atoms with E-state index in [1.165, 1.54) is 57.8 Å². The fraction of sp³-hybridized carbons (Fsp3) is 0.750. The maximum Gasteiger partial charge on any atom is 0.472 e. The van der Waals surface area contributed by atoms with Gasteiger partial charge in [0.1, 0.15) is 6.61 Å². The van der Waals surface area contributed by atoms with Crippen molar-refractivity contribution in [3.8, 4) is 0 Å². The molecular formula is C40H72NO8P. The number of phosphoric acid groups is 1. The van der Waals surface area contributed by atoms with Crippen LogP contribution in [0, 0.1) is 0 Å². The Labute approximate surface area is 305 Å². The molecular weight excluding hydrogens is 653 g/mol. The number of esters is 2. The Hall–Kier alpha value is -2.03. The molecule has 0 saturated carbocycles. The number of carbonyl (C=O) groups is 2. The van der Waals surface area contributed by atoms with Gasteiger partial charge in [-0.2, -0.15) is 0 Å². The Balaban J connectivity index is 4.31. The summed E-state index contributed by atoms with van der Waals surface area (Å²) in [7, 11) is -4.38. The van der Waals surface area contributed by atoms with E-state index in [0.717, 1.165) is 64.2 Å². The van der Waals surface area contributed by atoms with Crippen molar-refractivity contribution in [3.63, 3.8) is 0 Å². The van der Waals surface area contributed by atoms with E-state index in [1.54, 1.807) is 0 Å². The standard InChI is InChI=1S/C40H72NO8P/c1-3-5-7-9-11-13-15-17-19-21-23-25-27-29-31-33-40(43)49-38(37-48-50(44,45)47-35-34-41)36-46-39(42)32-30-28-26-24-22-20-18-16-14-12-10-8-6-4-2/h11,13,16-19,23,25,38H,3-10,12,14-15,20-22,24,26-37,41H2,1-2H3,(H,44,45)/b13-11-,18-16-,19-17-,25-23-/t38-/m1/s1. The van der Waals surface area contributed by atoms with Crippen molar-refractivity contribution in [2.75, 3.05) is 26.4 Å². The van der Waals surface area contributed by atoms with E-state index in [2.05, 4.69) is 62.5 Å². The number of hydrogen-bond donors (Lipinski definition) is 2. The molecule has 0 rings (SSSR count). The molecule has 0 aromatic carbocycles. The molecule has 50 heavy (non-hydrogen) atoms. The van der Waals surface area contributed by atoms with Crippen LogP contribution in [0.3, 0.4) is 0 Å². The Kier molecular flexibility index (Phi) is 35.3. The molecule has 0 aromatic heterocycles. The number of rotatable bonds is 36. The molecule has 0 saturated heterocycles. The Bertz CT molecular complexity index is 965. The van der Waals surface area contributed by atoms with Crippen LogP contribution in [0.25, 0.3) is 0 Å². The van der Waals surface area contributed by atoms with Crippen molar-refractivity contribution in [2.24, 2.45) is 5.73 Å². The SMILES string of the molecule is CCCCC/C=C\C/C=C\C/C=C\CCCCC(=O)O[C@H](COC(=O)CCCCCCC/C=C\CCCCCCC)COP(=O)(O)OCCN. The van der Waals surface area contributed by atoms with Gasteiger partial charge in [0.15, 0.2) is 6.10 Å². The number of allylic oxidation sites excluding steroid dienone is 8. The number of unbranched alkanes of at least 4 members (excludes halogenated alkanes) is 15. The van der Waals surface area contributed by atoms with Gasteiger partial charge in [0, 0.05) is 19.4 Å². The van der Waals surface area contributed by atoms with E-state index in [-0.39, 0.29) is 32.6 Å². The van der Waals surface area contributed by atoms with Crippen LogP contribution >= 0.6 is 7.82 Å². The second-order valence-electron chi connectivity index (χ2n) is 12.8. The summed E-state index contributed by atoms with van der Waals surface area (Å²) in [5.74, 6) is -0.887. The van der Waals surface area contributed by atoms with E-state index in [9.17, 15) is 19.0 Å². The summed E-state index contributed by atoms with van der Waals surface area (Å²) in [4.78, 5) is 34.7. The second-order valence-corrected chi connectivity index (χ2v) is 14.2. The molecule has 10 heteroatoms. The quantitative estimate of drug-likeness (QED) is 0.0280. The largest absolute Gasteiger partial charge is 0.472 e. The molecule has 0 aliphatic heterocycles. The molecule has 2 atom stereocenters. The lowest BCUT2D eigenvalue weighted by Crippen LogP contribution is -2.29. The van der Waals surface area contributed by atoms with Gasteiger partial charge in [-0.25, -0.2) is 4.57 Å². The Morgan fingerprint density at radius 2 is 1.04 bits per heavy atom. The van der Waals surface area contributed by atoms with Crippen molar-refractivity contribution < 1.29 is 37.6 Å².